The molecule has 0 amide bonds. The number of benzene rings is 1. The van der Waals surface area contributed by atoms with E-state index in [4.69, 9.17) is 5.11 Å². The third kappa shape index (κ3) is 2.89. The normalized spacial score (nSPS) is 10.2. The molecule has 0 unspecified atom stereocenters. The summed E-state index contributed by atoms with van der Waals surface area (Å²) in [5, 5.41) is 13.3. The average Bonchev–Trinajstić information content (AvgIpc) is 2.66. The van der Waals surface area contributed by atoms with Crippen LogP contribution in [0.15, 0.2) is 18.2 Å². The van der Waals surface area contributed by atoms with Crippen molar-refractivity contribution in [1.29, 1.82) is 0 Å². The summed E-state index contributed by atoms with van der Waals surface area (Å²) in [5.74, 6) is 5.01. The highest BCUT2D eigenvalue weighted by Gasteiger charge is 2.09. The standard InChI is InChI=1S/C16H17FN2O/c1-11-12(2)18-19(13(11)3)10-15-6-7-16(17)9-14(15)5-4-8-20/h6-7,9,20H,8,10H2,1-3H3. The minimum absolute atomic E-state index is 0.241. The van der Waals surface area contributed by atoms with Gasteiger partial charge < -0.3 is 5.11 Å². The van der Waals surface area contributed by atoms with Gasteiger partial charge in [-0.3, -0.25) is 4.68 Å². The van der Waals surface area contributed by atoms with Crippen LogP contribution >= 0.6 is 0 Å². The van der Waals surface area contributed by atoms with Crippen LogP contribution in [0.5, 0.6) is 0 Å². The van der Waals surface area contributed by atoms with Gasteiger partial charge in [0.25, 0.3) is 0 Å². The van der Waals surface area contributed by atoms with Crippen LogP contribution in [0.25, 0.3) is 0 Å². The van der Waals surface area contributed by atoms with Gasteiger partial charge in [0.15, 0.2) is 0 Å². The molecular weight excluding hydrogens is 255 g/mol. The van der Waals surface area contributed by atoms with Crippen LogP contribution in [0.2, 0.25) is 0 Å². The third-order valence-electron chi connectivity index (χ3n) is 3.44. The van der Waals surface area contributed by atoms with Crippen LogP contribution in [0.3, 0.4) is 0 Å². The molecule has 0 radical (unpaired) electrons. The van der Waals surface area contributed by atoms with Gasteiger partial charge >= 0.3 is 0 Å². The summed E-state index contributed by atoms with van der Waals surface area (Å²) in [6.07, 6.45) is 0. The van der Waals surface area contributed by atoms with E-state index in [-0.39, 0.29) is 12.4 Å². The van der Waals surface area contributed by atoms with Crippen LogP contribution in [0.1, 0.15) is 28.1 Å². The molecular formula is C16H17FN2O. The number of aliphatic hydroxyl groups is 1. The van der Waals surface area contributed by atoms with Crippen molar-refractivity contribution >= 4 is 0 Å². The predicted octanol–water partition coefficient (Wildman–Crippen LogP) is 2.34. The van der Waals surface area contributed by atoms with E-state index in [9.17, 15) is 4.39 Å². The molecule has 0 aliphatic carbocycles. The van der Waals surface area contributed by atoms with E-state index >= 15 is 0 Å². The highest BCUT2D eigenvalue weighted by molar-refractivity contribution is 5.42. The zero-order chi connectivity index (χ0) is 14.7. The SMILES string of the molecule is Cc1nn(Cc2ccc(F)cc2C#CCO)c(C)c1C. The van der Waals surface area contributed by atoms with Crippen molar-refractivity contribution in [3.8, 4) is 11.8 Å². The Hall–Kier alpha value is -2.12. The highest BCUT2D eigenvalue weighted by atomic mass is 19.1. The Morgan fingerprint density at radius 2 is 2.05 bits per heavy atom. The van der Waals surface area contributed by atoms with Gasteiger partial charge in [-0.15, -0.1) is 0 Å². The number of hydrogen-bond donors (Lipinski definition) is 1. The molecule has 0 atom stereocenters. The minimum Gasteiger partial charge on any atom is -0.384 e. The minimum atomic E-state index is -0.333. The van der Waals surface area contributed by atoms with Crippen LogP contribution in [-0.4, -0.2) is 21.5 Å². The molecule has 1 N–H and O–H groups in total. The number of hydrogen-bond acceptors (Lipinski definition) is 2. The molecule has 1 heterocycles. The topological polar surface area (TPSA) is 38.0 Å². The van der Waals surface area contributed by atoms with Crippen molar-refractivity contribution < 1.29 is 9.50 Å². The lowest BCUT2D eigenvalue weighted by molar-refractivity contribution is 0.350. The summed E-state index contributed by atoms with van der Waals surface area (Å²) in [6.45, 7) is 6.31. The molecule has 0 aliphatic heterocycles. The van der Waals surface area contributed by atoms with Crippen molar-refractivity contribution in [3.63, 3.8) is 0 Å². The molecule has 1 aromatic carbocycles. The average molecular weight is 272 g/mol. The maximum Gasteiger partial charge on any atom is 0.124 e. The maximum atomic E-state index is 13.3. The van der Waals surface area contributed by atoms with E-state index in [0.29, 0.717) is 12.1 Å². The Bertz CT molecular complexity index is 692. The van der Waals surface area contributed by atoms with E-state index < -0.39 is 0 Å². The van der Waals surface area contributed by atoms with Crippen LogP contribution in [0, 0.1) is 38.4 Å². The van der Waals surface area contributed by atoms with E-state index in [1.807, 2.05) is 25.5 Å². The van der Waals surface area contributed by atoms with E-state index in [0.717, 1.165) is 22.5 Å². The molecule has 3 nitrogen and oxygen atoms in total. The van der Waals surface area contributed by atoms with Crippen LogP contribution < -0.4 is 0 Å². The third-order valence-corrected chi connectivity index (χ3v) is 3.44. The fourth-order valence-corrected chi connectivity index (χ4v) is 2.04. The first-order valence-electron chi connectivity index (χ1n) is 6.41. The maximum absolute atomic E-state index is 13.3. The summed E-state index contributed by atoms with van der Waals surface area (Å²) < 4.78 is 15.2. The Kier molecular flexibility index (Phi) is 4.21. The summed E-state index contributed by atoms with van der Waals surface area (Å²) in [4.78, 5) is 0. The summed E-state index contributed by atoms with van der Waals surface area (Å²) in [7, 11) is 0. The van der Waals surface area contributed by atoms with Crippen LogP contribution in [0.4, 0.5) is 4.39 Å². The quantitative estimate of drug-likeness (QED) is 0.852. The van der Waals surface area contributed by atoms with Gasteiger partial charge in [0.05, 0.1) is 12.2 Å². The second kappa shape index (κ2) is 5.89. The number of aliphatic hydroxyl groups excluding tert-OH is 1. The summed E-state index contributed by atoms with van der Waals surface area (Å²) >= 11 is 0. The van der Waals surface area contributed by atoms with E-state index in [1.165, 1.54) is 12.1 Å². The molecule has 2 aromatic rings. The molecule has 1 aromatic heterocycles. The number of halogens is 1. The lowest BCUT2D eigenvalue weighted by Crippen LogP contribution is -2.06. The van der Waals surface area contributed by atoms with Crippen molar-refractivity contribution in [1.82, 2.24) is 9.78 Å². The van der Waals surface area contributed by atoms with Gasteiger partial charge in [-0.25, -0.2) is 4.39 Å². The molecule has 4 heteroatoms. The summed E-state index contributed by atoms with van der Waals surface area (Å²) in [6, 6.07) is 4.51. The molecule has 0 spiro atoms. The number of nitrogens with zero attached hydrogens (tertiary/aromatic N) is 2. The zero-order valence-corrected chi connectivity index (χ0v) is 11.9. The van der Waals surface area contributed by atoms with Gasteiger partial charge in [0.1, 0.15) is 12.4 Å². The lowest BCUT2D eigenvalue weighted by Gasteiger charge is -2.07. The first kappa shape index (κ1) is 14.3. The number of rotatable bonds is 2. The number of aryl methyl sites for hydroxylation is 1. The van der Waals surface area contributed by atoms with Crippen molar-refractivity contribution in [2.24, 2.45) is 0 Å². The lowest BCUT2D eigenvalue weighted by atomic mass is 10.1. The van der Waals surface area contributed by atoms with Gasteiger partial charge in [0.2, 0.25) is 0 Å². The van der Waals surface area contributed by atoms with E-state index in [1.54, 1.807) is 6.07 Å². The molecule has 0 saturated heterocycles. The van der Waals surface area contributed by atoms with Gasteiger partial charge in [-0.1, -0.05) is 17.9 Å². The predicted molar refractivity (Wildman–Crippen MR) is 75.9 cm³/mol. The van der Waals surface area contributed by atoms with Gasteiger partial charge in [0, 0.05) is 11.3 Å². The highest BCUT2D eigenvalue weighted by Crippen LogP contribution is 2.16. The Labute approximate surface area is 118 Å². The fourth-order valence-electron chi connectivity index (χ4n) is 2.04. The Morgan fingerprint density at radius 1 is 1.30 bits per heavy atom. The molecule has 2 rings (SSSR count). The second-order valence-electron chi connectivity index (χ2n) is 4.71. The molecule has 0 saturated carbocycles. The fraction of sp³-hybridized carbons (Fsp3) is 0.312. The first-order valence-corrected chi connectivity index (χ1v) is 6.41. The Morgan fingerprint density at radius 3 is 2.65 bits per heavy atom. The van der Waals surface area contributed by atoms with Crippen molar-refractivity contribution in [2.45, 2.75) is 27.3 Å². The monoisotopic (exact) mass is 272 g/mol. The smallest absolute Gasteiger partial charge is 0.124 e. The van der Waals surface area contributed by atoms with Gasteiger partial charge in [-0.2, -0.15) is 5.10 Å². The summed E-state index contributed by atoms with van der Waals surface area (Å²) in [5.41, 5.74) is 4.72. The molecule has 104 valence electrons. The number of aromatic nitrogens is 2. The Balaban J connectivity index is 2.40. The van der Waals surface area contributed by atoms with Crippen molar-refractivity contribution in [2.75, 3.05) is 6.61 Å². The largest absolute Gasteiger partial charge is 0.384 e. The first-order chi connectivity index (χ1) is 9.52. The molecule has 0 bridgehead atoms. The molecule has 0 fully saturated rings. The molecule has 20 heavy (non-hydrogen) atoms. The van der Waals surface area contributed by atoms with Gasteiger partial charge in [-0.05, 0) is 44.0 Å². The second-order valence-corrected chi connectivity index (χ2v) is 4.71. The van der Waals surface area contributed by atoms with E-state index in [2.05, 4.69) is 16.9 Å². The van der Waals surface area contributed by atoms with Crippen LogP contribution in [-0.2, 0) is 6.54 Å². The van der Waals surface area contributed by atoms with Crippen molar-refractivity contribution in [3.05, 3.63) is 52.1 Å². The molecule has 0 aliphatic rings. The zero-order valence-electron chi connectivity index (χ0n) is 11.9.